The molecule has 13 nitrogen and oxygen atoms in total. The van der Waals surface area contributed by atoms with E-state index in [9.17, 15) is 39.2 Å². The van der Waals surface area contributed by atoms with Gasteiger partial charge in [0.1, 0.15) is 18.3 Å². The minimum atomic E-state index is -6.00. The molecule has 1 fully saturated rings. The number of rotatable bonds is 4. The van der Waals surface area contributed by atoms with Gasteiger partial charge in [0.15, 0.2) is 6.29 Å². The van der Waals surface area contributed by atoms with Crippen LogP contribution in [0.2, 0.25) is 0 Å². The third kappa shape index (κ3) is 3.18. The average Bonchev–Trinajstić information content (AvgIpc) is 2.27. The van der Waals surface area contributed by atoms with Gasteiger partial charge >= 0.3 is 21.4 Å². The van der Waals surface area contributed by atoms with E-state index in [1.54, 1.807) is 0 Å². The van der Waals surface area contributed by atoms with Gasteiger partial charge in [-0.15, -0.1) is 0 Å². The molecule has 0 bridgehead atoms. The van der Waals surface area contributed by atoms with Crippen molar-refractivity contribution in [2.75, 3.05) is 0 Å². The highest BCUT2D eigenvalue weighted by Crippen LogP contribution is 2.67. The first kappa shape index (κ1) is 18.6. The average molecular weight is 354 g/mol. The summed E-state index contributed by atoms with van der Waals surface area (Å²) < 4.78 is 30.0. The molecular weight excluding hydrogens is 342 g/mol. The van der Waals surface area contributed by atoms with Gasteiger partial charge < -0.3 is 44.9 Å². The first-order valence-electron chi connectivity index (χ1n) is 4.99. The van der Waals surface area contributed by atoms with Crippen molar-refractivity contribution in [2.24, 2.45) is 0 Å². The van der Waals surface area contributed by atoms with Crippen molar-refractivity contribution in [3.05, 3.63) is 0 Å². The summed E-state index contributed by atoms with van der Waals surface area (Å²) in [7, 11) is -11.7. The van der Waals surface area contributed by atoms with Crippen LogP contribution >= 0.6 is 15.4 Å². The third-order valence-corrected chi connectivity index (χ3v) is 5.75. The molecule has 1 aliphatic rings. The number of ether oxygens (including phenoxy) is 1. The first-order valence-corrected chi connectivity index (χ1v) is 8.10. The normalized spacial score (nSPS) is 40.5. The van der Waals surface area contributed by atoms with Crippen molar-refractivity contribution >= 4 is 21.4 Å². The maximum Gasteiger partial charge on any atom is 0.476 e. The molecule has 1 unspecified atom stereocenters. The van der Waals surface area contributed by atoms with E-state index in [1.165, 1.54) is 0 Å². The Morgan fingerprint density at radius 1 is 1.05 bits per heavy atom. The van der Waals surface area contributed by atoms with E-state index in [2.05, 4.69) is 9.05 Å². The van der Waals surface area contributed by atoms with Crippen molar-refractivity contribution in [3.8, 4) is 0 Å². The van der Waals surface area contributed by atoms with Gasteiger partial charge in [-0.2, -0.15) is 0 Å². The van der Waals surface area contributed by atoms with Crippen LogP contribution in [0, 0.1) is 0 Å². The molecule has 6 atom stereocenters. The van der Waals surface area contributed by atoms with Crippen LogP contribution in [0.3, 0.4) is 0 Å². The smallest absolute Gasteiger partial charge is 0.476 e. The molecule has 21 heavy (non-hydrogen) atoms. The molecule has 0 radical (unpaired) electrons. The molecule has 0 aliphatic carbocycles. The molecule has 124 valence electrons. The molecule has 0 spiro atoms. The zero-order chi connectivity index (χ0) is 16.8. The van der Waals surface area contributed by atoms with E-state index >= 15 is 0 Å². The third-order valence-electron chi connectivity index (χ3n) is 2.61. The van der Waals surface area contributed by atoms with E-state index < -0.39 is 51.3 Å². The Hall–Kier alpha value is -0.430. The highest BCUT2D eigenvalue weighted by Gasteiger charge is 2.70. The second-order valence-corrected chi connectivity index (χ2v) is 7.37. The Morgan fingerprint density at radius 3 is 1.90 bits per heavy atom. The van der Waals surface area contributed by atoms with E-state index in [-0.39, 0.29) is 0 Å². The van der Waals surface area contributed by atoms with E-state index in [1.807, 2.05) is 0 Å². The summed E-state index contributed by atoms with van der Waals surface area (Å²) in [6, 6.07) is 0. The maximum atomic E-state index is 11.8. The fourth-order valence-corrected chi connectivity index (χ4v) is 4.26. The van der Waals surface area contributed by atoms with Crippen LogP contribution in [-0.4, -0.2) is 76.1 Å². The van der Waals surface area contributed by atoms with Crippen LogP contribution in [-0.2, 0) is 23.0 Å². The monoisotopic (exact) mass is 354 g/mol. The second kappa shape index (κ2) is 5.65. The summed E-state index contributed by atoms with van der Waals surface area (Å²) in [5.74, 6) is -2.47. The molecule has 1 aliphatic heterocycles. The predicted octanol–water partition coefficient (Wildman–Crippen LogP) is -3.51. The summed E-state index contributed by atoms with van der Waals surface area (Å²) in [5.41, 5.74) is 0. The summed E-state index contributed by atoms with van der Waals surface area (Å²) in [4.78, 5) is 37.6. The van der Waals surface area contributed by atoms with Crippen molar-refractivity contribution in [1.29, 1.82) is 0 Å². The molecule has 1 saturated heterocycles. The molecule has 15 heteroatoms. The van der Waals surface area contributed by atoms with Gasteiger partial charge in [-0.1, -0.05) is 0 Å². The standard InChI is InChI=1S/C6H12O13P2/c7-1-2(8)4(10)18-6(3(1)9,5(11)12)20(13,14)19-21(15,16)17/h1-4,7-10H,(H,11,12)(H,13,14)(H2,15,16,17)/t1-,2-,3+,4+,6-/m1/s1. The van der Waals surface area contributed by atoms with Gasteiger partial charge in [-0.05, 0) is 0 Å². The number of carbonyl (C=O) groups is 1. The van der Waals surface area contributed by atoms with Crippen LogP contribution < -0.4 is 0 Å². The number of carboxylic acid groups (broad SMARTS) is 1. The lowest BCUT2D eigenvalue weighted by molar-refractivity contribution is -0.295. The zero-order valence-electron chi connectivity index (χ0n) is 9.82. The highest BCUT2D eigenvalue weighted by atomic mass is 31.3. The summed E-state index contributed by atoms with van der Waals surface area (Å²) >= 11 is 0. The maximum absolute atomic E-state index is 11.8. The van der Waals surface area contributed by atoms with Crippen molar-refractivity contribution < 1.29 is 63.2 Å². The Bertz CT molecular complexity index is 513. The van der Waals surface area contributed by atoms with Crippen LogP contribution in [0.4, 0.5) is 0 Å². The summed E-state index contributed by atoms with van der Waals surface area (Å²) in [5, 5.41) is 42.5. The fourth-order valence-electron chi connectivity index (χ4n) is 1.65. The fraction of sp³-hybridized carbons (Fsp3) is 0.833. The minimum Gasteiger partial charge on any atom is -0.479 e. The lowest BCUT2D eigenvalue weighted by atomic mass is 9.98. The van der Waals surface area contributed by atoms with Gasteiger partial charge in [-0.25, -0.2) is 13.7 Å². The molecule has 0 amide bonds. The van der Waals surface area contributed by atoms with E-state index in [0.717, 1.165) is 0 Å². The van der Waals surface area contributed by atoms with Crippen LogP contribution in [0.5, 0.6) is 0 Å². The SMILES string of the molecule is O=C(O)[C@@]1(P(=O)(O)OP(=O)(O)O)O[C@H](O)[C@H](O)[C@@H](O)[C@@H]1O. The highest BCUT2D eigenvalue weighted by molar-refractivity contribution is 7.65. The summed E-state index contributed by atoms with van der Waals surface area (Å²) in [6.07, 6.45) is -10.1. The van der Waals surface area contributed by atoms with E-state index in [4.69, 9.17) is 14.9 Å². The van der Waals surface area contributed by atoms with Crippen molar-refractivity contribution in [2.45, 2.75) is 29.9 Å². The molecular formula is C6H12O13P2. The Balaban J connectivity index is 3.42. The molecule has 0 aromatic carbocycles. The molecule has 1 rings (SSSR count). The van der Waals surface area contributed by atoms with Gasteiger partial charge in [0.05, 0.1) is 0 Å². The number of carboxylic acids is 1. The number of aliphatic hydroxyl groups is 4. The number of hydrogen-bond donors (Lipinski definition) is 8. The Labute approximate surface area is 115 Å². The molecule has 0 saturated carbocycles. The number of aliphatic carboxylic acids is 1. The van der Waals surface area contributed by atoms with Gasteiger partial charge in [0.25, 0.3) is 5.34 Å². The summed E-state index contributed by atoms with van der Waals surface area (Å²) in [6.45, 7) is 0. The number of phosphoric acid groups is 1. The zero-order valence-corrected chi connectivity index (χ0v) is 11.6. The molecule has 0 aromatic heterocycles. The lowest BCUT2D eigenvalue weighted by Gasteiger charge is -2.44. The van der Waals surface area contributed by atoms with Crippen LogP contribution in [0.25, 0.3) is 0 Å². The topological polar surface area (TPSA) is 232 Å². The second-order valence-electron chi connectivity index (χ2n) is 4.03. The molecule has 8 N–H and O–H groups in total. The molecule has 1 heterocycles. The minimum absolute atomic E-state index is 2.25. The van der Waals surface area contributed by atoms with Gasteiger partial charge in [0, 0.05) is 0 Å². The quantitative estimate of drug-likeness (QED) is 0.229. The number of hydrogen-bond acceptors (Lipinski definition) is 9. The van der Waals surface area contributed by atoms with Crippen molar-refractivity contribution in [3.63, 3.8) is 0 Å². The Morgan fingerprint density at radius 2 is 1.52 bits per heavy atom. The lowest BCUT2D eigenvalue weighted by Crippen LogP contribution is -2.67. The number of aliphatic hydroxyl groups excluding tert-OH is 4. The van der Waals surface area contributed by atoms with Crippen LogP contribution in [0.1, 0.15) is 0 Å². The Kier molecular flexibility index (Phi) is 5.01. The van der Waals surface area contributed by atoms with Crippen LogP contribution in [0.15, 0.2) is 0 Å². The van der Waals surface area contributed by atoms with Gasteiger partial charge in [-0.3, -0.25) is 4.57 Å². The molecule has 0 aromatic rings. The predicted molar refractivity (Wildman–Crippen MR) is 58.4 cm³/mol. The van der Waals surface area contributed by atoms with Gasteiger partial charge in [0.2, 0.25) is 0 Å². The van der Waals surface area contributed by atoms with Crippen molar-refractivity contribution in [1.82, 2.24) is 0 Å². The van der Waals surface area contributed by atoms with E-state index in [0.29, 0.717) is 0 Å². The largest absolute Gasteiger partial charge is 0.479 e. The first-order chi connectivity index (χ1) is 9.26.